The van der Waals surface area contributed by atoms with E-state index in [4.69, 9.17) is 0 Å². The fourth-order valence-corrected chi connectivity index (χ4v) is 3.48. The monoisotopic (exact) mass is 251 g/mol. The van der Waals surface area contributed by atoms with E-state index in [1.165, 1.54) is 32.1 Å². The van der Waals surface area contributed by atoms with Crippen molar-refractivity contribution in [1.29, 1.82) is 0 Å². The van der Waals surface area contributed by atoms with Gasteiger partial charge in [-0.2, -0.15) is 11.8 Å². The zero-order valence-electron chi connectivity index (χ0n) is 9.80. The Balaban J connectivity index is 1.89. The standard InChI is InChI=1S/C13H17NO2S/c15-14(16)12-6-4-5-11(9-12)10-17-13-7-2-1-3-8-13/h4-6,9,13H,1-3,7-8,10H2. The smallest absolute Gasteiger partial charge is 0.258 e. The second kappa shape index (κ2) is 6.05. The van der Waals surface area contributed by atoms with Crippen LogP contribution in [0.15, 0.2) is 24.3 Å². The second-order valence-electron chi connectivity index (χ2n) is 4.50. The summed E-state index contributed by atoms with van der Waals surface area (Å²) in [5, 5.41) is 11.4. The average Bonchev–Trinajstić information content (AvgIpc) is 2.38. The fraction of sp³-hybridized carbons (Fsp3) is 0.538. The first-order chi connectivity index (χ1) is 8.25. The summed E-state index contributed by atoms with van der Waals surface area (Å²) < 4.78 is 0. The molecule has 0 aliphatic heterocycles. The summed E-state index contributed by atoms with van der Waals surface area (Å²) in [6.07, 6.45) is 6.66. The van der Waals surface area contributed by atoms with Crippen LogP contribution in [0.5, 0.6) is 0 Å². The number of nitro groups is 1. The lowest BCUT2D eigenvalue weighted by Gasteiger charge is -2.20. The lowest BCUT2D eigenvalue weighted by atomic mass is 10.0. The van der Waals surface area contributed by atoms with Gasteiger partial charge in [-0.05, 0) is 18.4 Å². The Morgan fingerprint density at radius 1 is 1.29 bits per heavy atom. The Morgan fingerprint density at radius 2 is 2.06 bits per heavy atom. The quantitative estimate of drug-likeness (QED) is 0.596. The van der Waals surface area contributed by atoms with Crippen LogP contribution in [0.25, 0.3) is 0 Å². The average molecular weight is 251 g/mol. The maximum atomic E-state index is 10.7. The van der Waals surface area contributed by atoms with Crippen LogP contribution in [0.4, 0.5) is 5.69 Å². The van der Waals surface area contributed by atoms with Gasteiger partial charge in [-0.25, -0.2) is 0 Å². The number of hydrogen-bond acceptors (Lipinski definition) is 3. The van der Waals surface area contributed by atoms with E-state index in [-0.39, 0.29) is 10.6 Å². The number of benzene rings is 1. The van der Waals surface area contributed by atoms with Crippen molar-refractivity contribution >= 4 is 17.4 Å². The van der Waals surface area contributed by atoms with Crippen molar-refractivity contribution in [2.75, 3.05) is 0 Å². The van der Waals surface area contributed by atoms with Gasteiger partial charge in [-0.3, -0.25) is 10.1 Å². The van der Waals surface area contributed by atoms with E-state index < -0.39 is 0 Å². The van der Waals surface area contributed by atoms with Crippen molar-refractivity contribution in [3.63, 3.8) is 0 Å². The molecule has 0 unspecified atom stereocenters. The maximum absolute atomic E-state index is 10.7. The van der Waals surface area contributed by atoms with Crippen LogP contribution in [0.1, 0.15) is 37.7 Å². The summed E-state index contributed by atoms with van der Waals surface area (Å²) in [6, 6.07) is 6.99. The molecule has 3 nitrogen and oxygen atoms in total. The Labute approximate surface area is 106 Å². The van der Waals surface area contributed by atoms with Crippen LogP contribution in [0, 0.1) is 10.1 Å². The summed E-state index contributed by atoms with van der Waals surface area (Å²) >= 11 is 1.95. The molecule has 0 bridgehead atoms. The summed E-state index contributed by atoms with van der Waals surface area (Å²) in [4.78, 5) is 10.3. The van der Waals surface area contributed by atoms with Crippen LogP contribution in [0.3, 0.4) is 0 Å². The minimum atomic E-state index is -0.325. The molecule has 0 amide bonds. The molecular formula is C13H17NO2S. The van der Waals surface area contributed by atoms with E-state index in [1.54, 1.807) is 18.2 Å². The molecule has 92 valence electrons. The zero-order chi connectivity index (χ0) is 12.1. The summed E-state index contributed by atoms with van der Waals surface area (Å²) in [7, 11) is 0. The van der Waals surface area contributed by atoms with Gasteiger partial charge in [0.2, 0.25) is 0 Å². The van der Waals surface area contributed by atoms with Gasteiger partial charge >= 0.3 is 0 Å². The van der Waals surface area contributed by atoms with Crippen LogP contribution in [-0.4, -0.2) is 10.2 Å². The maximum Gasteiger partial charge on any atom is 0.269 e. The first-order valence-corrected chi connectivity index (χ1v) is 7.15. The van der Waals surface area contributed by atoms with E-state index >= 15 is 0 Å². The molecule has 17 heavy (non-hydrogen) atoms. The first-order valence-electron chi connectivity index (χ1n) is 6.10. The molecule has 1 saturated carbocycles. The van der Waals surface area contributed by atoms with Crippen molar-refractivity contribution in [2.45, 2.75) is 43.1 Å². The number of non-ortho nitro benzene ring substituents is 1. The molecule has 0 spiro atoms. The molecular weight excluding hydrogens is 234 g/mol. The molecule has 0 atom stereocenters. The van der Waals surface area contributed by atoms with Gasteiger partial charge in [0.05, 0.1) is 4.92 Å². The van der Waals surface area contributed by atoms with Crippen LogP contribution in [0.2, 0.25) is 0 Å². The number of hydrogen-bond donors (Lipinski definition) is 0. The van der Waals surface area contributed by atoms with E-state index in [0.29, 0.717) is 0 Å². The molecule has 0 aromatic heterocycles. The third-order valence-electron chi connectivity index (χ3n) is 3.16. The summed E-state index contributed by atoms with van der Waals surface area (Å²) in [6.45, 7) is 0. The van der Waals surface area contributed by atoms with Crippen molar-refractivity contribution in [2.24, 2.45) is 0 Å². The summed E-state index contributed by atoms with van der Waals surface area (Å²) in [5.74, 6) is 0.895. The van der Waals surface area contributed by atoms with Crippen molar-refractivity contribution < 1.29 is 4.92 Å². The van der Waals surface area contributed by atoms with Crippen LogP contribution in [-0.2, 0) is 5.75 Å². The Kier molecular flexibility index (Phi) is 4.42. The van der Waals surface area contributed by atoms with Gasteiger partial charge in [0, 0.05) is 23.1 Å². The molecule has 1 aliphatic carbocycles. The second-order valence-corrected chi connectivity index (χ2v) is 5.79. The van der Waals surface area contributed by atoms with Crippen LogP contribution >= 0.6 is 11.8 Å². The highest BCUT2D eigenvalue weighted by Gasteiger charge is 2.14. The van der Waals surface area contributed by atoms with E-state index in [1.807, 2.05) is 17.8 Å². The molecule has 1 aromatic rings. The Bertz CT molecular complexity index is 389. The molecule has 0 heterocycles. The predicted octanol–water partition coefficient (Wildman–Crippen LogP) is 4.16. The third-order valence-corrected chi connectivity index (χ3v) is 4.60. The Morgan fingerprint density at radius 3 is 2.76 bits per heavy atom. The normalized spacial score (nSPS) is 16.9. The largest absolute Gasteiger partial charge is 0.269 e. The fourth-order valence-electron chi connectivity index (χ4n) is 2.21. The topological polar surface area (TPSA) is 43.1 Å². The molecule has 0 N–H and O–H groups in total. The zero-order valence-corrected chi connectivity index (χ0v) is 10.6. The Hall–Kier alpha value is -1.03. The predicted molar refractivity (Wildman–Crippen MR) is 71.3 cm³/mol. The van der Waals surface area contributed by atoms with Gasteiger partial charge in [0.25, 0.3) is 5.69 Å². The first kappa shape index (κ1) is 12.4. The lowest BCUT2D eigenvalue weighted by Crippen LogP contribution is -2.08. The number of nitrogens with zero attached hydrogens (tertiary/aromatic N) is 1. The number of thioether (sulfide) groups is 1. The van der Waals surface area contributed by atoms with Crippen molar-refractivity contribution in [3.8, 4) is 0 Å². The highest BCUT2D eigenvalue weighted by atomic mass is 32.2. The van der Waals surface area contributed by atoms with Gasteiger partial charge in [-0.1, -0.05) is 31.4 Å². The minimum Gasteiger partial charge on any atom is -0.258 e. The highest BCUT2D eigenvalue weighted by molar-refractivity contribution is 7.99. The molecule has 1 fully saturated rings. The molecule has 1 aliphatic rings. The SMILES string of the molecule is O=[N+]([O-])c1cccc(CSC2CCCCC2)c1. The summed E-state index contributed by atoms with van der Waals surface area (Å²) in [5.41, 5.74) is 1.27. The van der Waals surface area contributed by atoms with E-state index in [9.17, 15) is 10.1 Å². The number of nitro benzene ring substituents is 1. The molecule has 0 saturated heterocycles. The van der Waals surface area contributed by atoms with Gasteiger partial charge in [0.1, 0.15) is 0 Å². The van der Waals surface area contributed by atoms with Crippen molar-refractivity contribution in [1.82, 2.24) is 0 Å². The third kappa shape index (κ3) is 3.73. The van der Waals surface area contributed by atoms with Gasteiger partial charge in [-0.15, -0.1) is 0 Å². The minimum absolute atomic E-state index is 0.201. The molecule has 1 aromatic carbocycles. The van der Waals surface area contributed by atoms with E-state index in [0.717, 1.165) is 16.6 Å². The highest BCUT2D eigenvalue weighted by Crippen LogP contribution is 2.30. The molecule has 2 rings (SSSR count). The number of rotatable bonds is 4. The van der Waals surface area contributed by atoms with Gasteiger partial charge < -0.3 is 0 Å². The van der Waals surface area contributed by atoms with Crippen molar-refractivity contribution in [3.05, 3.63) is 39.9 Å². The molecule has 4 heteroatoms. The van der Waals surface area contributed by atoms with E-state index in [2.05, 4.69) is 0 Å². The lowest BCUT2D eigenvalue weighted by molar-refractivity contribution is -0.384. The molecule has 0 radical (unpaired) electrons. The van der Waals surface area contributed by atoms with Gasteiger partial charge in [0.15, 0.2) is 0 Å². The van der Waals surface area contributed by atoms with Crippen LogP contribution < -0.4 is 0 Å².